The second kappa shape index (κ2) is 6.13. The number of likely N-dealkylation sites (N-methyl/N-ethyl adjacent to an activating group) is 1. The third kappa shape index (κ3) is 3.84. The van der Waals surface area contributed by atoms with Crippen LogP contribution in [0.3, 0.4) is 0 Å². The number of hydrogen-bond donors (Lipinski definition) is 1. The van der Waals surface area contributed by atoms with E-state index in [1.807, 2.05) is 12.1 Å². The van der Waals surface area contributed by atoms with Gasteiger partial charge >= 0.3 is 0 Å². The summed E-state index contributed by atoms with van der Waals surface area (Å²) in [5.41, 5.74) is 1.24. The van der Waals surface area contributed by atoms with E-state index in [1.165, 1.54) is 5.56 Å². The molecule has 2 nitrogen and oxygen atoms in total. The Morgan fingerprint density at radius 3 is 2.80 bits per heavy atom. The molecule has 3 heteroatoms. The summed E-state index contributed by atoms with van der Waals surface area (Å²) in [7, 11) is 1.71. The Balaban J connectivity index is 2.77. The van der Waals surface area contributed by atoms with Gasteiger partial charge < -0.3 is 10.1 Å². The first-order valence-electron chi connectivity index (χ1n) is 5.23. The van der Waals surface area contributed by atoms with Gasteiger partial charge in [0.2, 0.25) is 0 Å². The van der Waals surface area contributed by atoms with Gasteiger partial charge in [0, 0.05) is 10.5 Å². The molecule has 84 valence electrons. The Morgan fingerprint density at radius 1 is 1.47 bits per heavy atom. The molecule has 15 heavy (non-hydrogen) atoms. The van der Waals surface area contributed by atoms with Crippen molar-refractivity contribution in [2.24, 2.45) is 0 Å². The van der Waals surface area contributed by atoms with Gasteiger partial charge in [0.15, 0.2) is 0 Å². The molecular weight excluding hydrogens is 254 g/mol. The summed E-state index contributed by atoms with van der Waals surface area (Å²) in [5.74, 6) is 0.961. The SMILES string of the molecule is CCNC(C)Cc1cc(Br)ccc1OC. The maximum Gasteiger partial charge on any atom is 0.122 e. The van der Waals surface area contributed by atoms with Crippen molar-refractivity contribution in [3.05, 3.63) is 28.2 Å². The lowest BCUT2D eigenvalue weighted by atomic mass is 10.1. The summed E-state index contributed by atoms with van der Waals surface area (Å²) in [6, 6.07) is 6.59. The van der Waals surface area contributed by atoms with Crippen LogP contribution in [0.5, 0.6) is 5.75 Å². The summed E-state index contributed by atoms with van der Waals surface area (Å²) >= 11 is 3.48. The zero-order valence-electron chi connectivity index (χ0n) is 9.51. The van der Waals surface area contributed by atoms with E-state index in [4.69, 9.17) is 4.74 Å². The van der Waals surface area contributed by atoms with Crippen LogP contribution in [-0.4, -0.2) is 19.7 Å². The van der Waals surface area contributed by atoms with Crippen LogP contribution >= 0.6 is 15.9 Å². The minimum absolute atomic E-state index is 0.471. The number of halogens is 1. The van der Waals surface area contributed by atoms with Gasteiger partial charge in [-0.25, -0.2) is 0 Å². The minimum atomic E-state index is 0.471. The first-order chi connectivity index (χ1) is 7.17. The van der Waals surface area contributed by atoms with Crippen molar-refractivity contribution in [3.8, 4) is 5.75 Å². The Hall–Kier alpha value is -0.540. The van der Waals surface area contributed by atoms with Gasteiger partial charge in [0.25, 0.3) is 0 Å². The molecule has 0 aliphatic heterocycles. The van der Waals surface area contributed by atoms with Gasteiger partial charge in [-0.3, -0.25) is 0 Å². The van der Waals surface area contributed by atoms with Gasteiger partial charge in [-0.1, -0.05) is 22.9 Å². The van der Waals surface area contributed by atoms with E-state index in [1.54, 1.807) is 7.11 Å². The first kappa shape index (κ1) is 12.5. The highest BCUT2D eigenvalue weighted by Gasteiger charge is 2.07. The molecule has 0 aliphatic carbocycles. The lowest BCUT2D eigenvalue weighted by molar-refractivity contribution is 0.406. The van der Waals surface area contributed by atoms with Crippen LogP contribution in [-0.2, 0) is 6.42 Å². The van der Waals surface area contributed by atoms with Crippen molar-refractivity contribution >= 4 is 15.9 Å². The highest BCUT2D eigenvalue weighted by Crippen LogP contribution is 2.24. The summed E-state index contributed by atoms with van der Waals surface area (Å²) in [6.45, 7) is 5.30. The summed E-state index contributed by atoms with van der Waals surface area (Å²) < 4.78 is 6.43. The molecule has 1 rings (SSSR count). The molecule has 0 saturated heterocycles. The lowest BCUT2D eigenvalue weighted by Gasteiger charge is -2.15. The van der Waals surface area contributed by atoms with Crippen LogP contribution in [0, 0.1) is 0 Å². The smallest absolute Gasteiger partial charge is 0.122 e. The van der Waals surface area contributed by atoms with E-state index in [2.05, 4.69) is 41.2 Å². The average molecular weight is 272 g/mol. The molecule has 0 fully saturated rings. The van der Waals surface area contributed by atoms with Crippen molar-refractivity contribution in [1.82, 2.24) is 5.32 Å². The van der Waals surface area contributed by atoms with E-state index in [0.717, 1.165) is 23.2 Å². The van der Waals surface area contributed by atoms with Gasteiger partial charge in [0.1, 0.15) is 5.75 Å². The number of methoxy groups -OCH3 is 1. The second-order valence-electron chi connectivity index (χ2n) is 3.62. The van der Waals surface area contributed by atoms with Crippen LogP contribution in [0.4, 0.5) is 0 Å². The Labute approximate surface area is 100 Å². The second-order valence-corrected chi connectivity index (χ2v) is 4.53. The van der Waals surface area contributed by atoms with Crippen molar-refractivity contribution in [3.63, 3.8) is 0 Å². The number of ether oxygens (including phenoxy) is 1. The molecule has 1 aromatic carbocycles. The largest absolute Gasteiger partial charge is 0.496 e. The number of rotatable bonds is 5. The molecule has 1 N–H and O–H groups in total. The molecule has 1 aromatic rings. The molecule has 0 amide bonds. The molecule has 1 unspecified atom stereocenters. The number of benzene rings is 1. The molecule has 1 atom stereocenters. The molecule has 0 bridgehead atoms. The quantitative estimate of drug-likeness (QED) is 0.889. The highest BCUT2D eigenvalue weighted by atomic mass is 79.9. The van der Waals surface area contributed by atoms with Crippen molar-refractivity contribution in [2.75, 3.05) is 13.7 Å². The predicted molar refractivity (Wildman–Crippen MR) is 67.5 cm³/mol. The van der Waals surface area contributed by atoms with E-state index in [-0.39, 0.29) is 0 Å². The van der Waals surface area contributed by atoms with Gasteiger partial charge in [-0.15, -0.1) is 0 Å². The highest BCUT2D eigenvalue weighted by molar-refractivity contribution is 9.10. The fraction of sp³-hybridized carbons (Fsp3) is 0.500. The molecule has 0 aliphatic rings. The monoisotopic (exact) mass is 271 g/mol. The predicted octanol–water partition coefficient (Wildman–Crippen LogP) is 3.00. The summed E-state index contributed by atoms with van der Waals surface area (Å²) in [5, 5.41) is 3.39. The van der Waals surface area contributed by atoms with E-state index < -0.39 is 0 Å². The molecule has 0 aromatic heterocycles. The van der Waals surface area contributed by atoms with Gasteiger partial charge in [0.05, 0.1) is 7.11 Å². The lowest BCUT2D eigenvalue weighted by Crippen LogP contribution is -2.27. The molecule has 0 radical (unpaired) electrons. The minimum Gasteiger partial charge on any atom is -0.496 e. The fourth-order valence-electron chi connectivity index (χ4n) is 1.66. The summed E-state index contributed by atoms with van der Waals surface area (Å²) in [4.78, 5) is 0. The zero-order chi connectivity index (χ0) is 11.3. The van der Waals surface area contributed by atoms with Crippen LogP contribution in [0.15, 0.2) is 22.7 Å². The summed E-state index contributed by atoms with van der Waals surface area (Å²) in [6.07, 6.45) is 0.983. The molecular formula is C12H18BrNO. The maximum absolute atomic E-state index is 5.33. The Morgan fingerprint density at radius 2 is 2.20 bits per heavy atom. The maximum atomic E-state index is 5.33. The van der Waals surface area contributed by atoms with E-state index in [9.17, 15) is 0 Å². The van der Waals surface area contributed by atoms with Gasteiger partial charge in [-0.05, 0) is 43.7 Å². The zero-order valence-corrected chi connectivity index (χ0v) is 11.1. The number of nitrogens with one attached hydrogen (secondary N) is 1. The molecule has 0 spiro atoms. The number of hydrogen-bond acceptors (Lipinski definition) is 2. The molecule has 0 saturated carbocycles. The van der Waals surface area contributed by atoms with E-state index in [0.29, 0.717) is 6.04 Å². The fourth-order valence-corrected chi connectivity index (χ4v) is 2.07. The third-order valence-corrected chi connectivity index (χ3v) is 2.81. The standard InChI is InChI=1S/C12H18BrNO/c1-4-14-9(2)7-10-8-11(13)5-6-12(10)15-3/h5-6,8-9,14H,4,7H2,1-3H3. The van der Waals surface area contributed by atoms with E-state index >= 15 is 0 Å². The van der Waals surface area contributed by atoms with Crippen molar-refractivity contribution in [2.45, 2.75) is 26.3 Å². The Kier molecular flexibility index (Phi) is 5.12. The van der Waals surface area contributed by atoms with Crippen molar-refractivity contribution < 1.29 is 4.74 Å². The van der Waals surface area contributed by atoms with Crippen molar-refractivity contribution in [1.29, 1.82) is 0 Å². The average Bonchev–Trinajstić information content (AvgIpc) is 2.18. The third-order valence-electron chi connectivity index (χ3n) is 2.32. The Bertz CT molecular complexity index is 314. The topological polar surface area (TPSA) is 21.3 Å². The van der Waals surface area contributed by atoms with Crippen LogP contribution in [0.25, 0.3) is 0 Å². The van der Waals surface area contributed by atoms with Crippen LogP contribution in [0.1, 0.15) is 19.4 Å². The molecule has 0 heterocycles. The van der Waals surface area contributed by atoms with Crippen LogP contribution in [0.2, 0.25) is 0 Å². The first-order valence-corrected chi connectivity index (χ1v) is 6.02. The van der Waals surface area contributed by atoms with Crippen LogP contribution < -0.4 is 10.1 Å². The normalized spacial score (nSPS) is 12.5. The van der Waals surface area contributed by atoms with Gasteiger partial charge in [-0.2, -0.15) is 0 Å².